The lowest BCUT2D eigenvalue weighted by Gasteiger charge is -2.10. The number of hydrogen-bond acceptors (Lipinski definition) is 7. The first-order valence-corrected chi connectivity index (χ1v) is 9.27. The molecule has 0 atom stereocenters. The van der Waals surface area contributed by atoms with Gasteiger partial charge in [-0.05, 0) is 60.4 Å². The summed E-state index contributed by atoms with van der Waals surface area (Å²) in [7, 11) is 5.81. The molecule has 158 valence electrons. The standard InChI is InChI=1S/C23H24O7/c1-27-17-9-13(10-18(28-2)22(17)25)7-15-5-6-16(21(15)24)8-14-11-19(29-3)23(26)20(12-14)30-4/h7-12,25-26H,5-6H2,1-4H3/b15-7+,16-8?. The Balaban J connectivity index is 1.93. The molecule has 1 saturated carbocycles. The van der Waals surface area contributed by atoms with Crippen molar-refractivity contribution in [2.75, 3.05) is 28.4 Å². The minimum absolute atomic E-state index is 0.0629. The molecule has 0 aliphatic heterocycles. The van der Waals surface area contributed by atoms with Gasteiger partial charge in [-0.25, -0.2) is 0 Å². The minimum Gasteiger partial charge on any atom is -0.502 e. The SMILES string of the molecule is COc1cc(C=C2CC/C(=C\c3cc(OC)c(O)c(OC)c3)C2=O)cc(OC)c1O. The lowest BCUT2D eigenvalue weighted by atomic mass is 10.1. The van der Waals surface area contributed by atoms with E-state index in [1.807, 2.05) is 0 Å². The van der Waals surface area contributed by atoms with E-state index in [-0.39, 0.29) is 40.3 Å². The van der Waals surface area contributed by atoms with Crippen molar-refractivity contribution in [3.8, 4) is 34.5 Å². The molecular formula is C23H24O7. The normalized spacial score (nSPS) is 16.2. The van der Waals surface area contributed by atoms with Crippen LogP contribution in [0.1, 0.15) is 24.0 Å². The second kappa shape index (κ2) is 8.82. The Hall–Kier alpha value is -3.61. The number of carbonyl (C=O) groups excluding carboxylic acids is 1. The van der Waals surface area contributed by atoms with Crippen molar-refractivity contribution >= 4 is 17.9 Å². The second-order valence-corrected chi connectivity index (χ2v) is 6.72. The van der Waals surface area contributed by atoms with Crippen molar-refractivity contribution in [2.45, 2.75) is 12.8 Å². The number of methoxy groups -OCH3 is 4. The summed E-state index contributed by atoms with van der Waals surface area (Å²) in [5.74, 6) is 0.839. The predicted molar refractivity (Wildman–Crippen MR) is 113 cm³/mol. The molecule has 0 bridgehead atoms. The lowest BCUT2D eigenvalue weighted by molar-refractivity contribution is -0.111. The zero-order valence-corrected chi connectivity index (χ0v) is 17.3. The van der Waals surface area contributed by atoms with Crippen LogP contribution in [-0.4, -0.2) is 44.4 Å². The lowest BCUT2D eigenvalue weighted by Crippen LogP contribution is -1.97. The van der Waals surface area contributed by atoms with E-state index in [0.29, 0.717) is 35.1 Å². The van der Waals surface area contributed by atoms with Gasteiger partial charge in [0.2, 0.25) is 11.5 Å². The number of benzene rings is 2. The van der Waals surface area contributed by atoms with Gasteiger partial charge in [0, 0.05) is 11.1 Å². The third-order valence-corrected chi connectivity index (χ3v) is 4.93. The van der Waals surface area contributed by atoms with Crippen molar-refractivity contribution in [3.63, 3.8) is 0 Å². The van der Waals surface area contributed by atoms with Crippen LogP contribution in [-0.2, 0) is 4.79 Å². The maximum absolute atomic E-state index is 12.9. The third kappa shape index (κ3) is 4.05. The summed E-state index contributed by atoms with van der Waals surface area (Å²) in [4.78, 5) is 12.9. The van der Waals surface area contributed by atoms with E-state index in [2.05, 4.69) is 0 Å². The number of aromatic hydroxyl groups is 2. The highest BCUT2D eigenvalue weighted by atomic mass is 16.5. The molecule has 2 aromatic carbocycles. The summed E-state index contributed by atoms with van der Waals surface area (Å²) in [5, 5.41) is 20.1. The quantitative estimate of drug-likeness (QED) is 0.694. The Morgan fingerprint density at radius 1 is 0.667 bits per heavy atom. The first kappa shape index (κ1) is 21.1. The number of hydrogen-bond donors (Lipinski definition) is 2. The Morgan fingerprint density at radius 3 is 1.23 bits per heavy atom. The summed E-state index contributed by atoms with van der Waals surface area (Å²) in [6.45, 7) is 0. The van der Waals surface area contributed by atoms with Crippen molar-refractivity contribution in [1.29, 1.82) is 0 Å². The van der Waals surface area contributed by atoms with Gasteiger partial charge in [-0.3, -0.25) is 4.79 Å². The van der Waals surface area contributed by atoms with E-state index < -0.39 is 0 Å². The molecule has 0 saturated heterocycles. The molecular weight excluding hydrogens is 388 g/mol. The number of phenols is 2. The van der Waals surface area contributed by atoms with E-state index in [1.54, 1.807) is 36.4 Å². The van der Waals surface area contributed by atoms with E-state index >= 15 is 0 Å². The molecule has 0 heterocycles. The average molecular weight is 412 g/mol. The maximum atomic E-state index is 12.9. The van der Waals surface area contributed by atoms with E-state index in [0.717, 1.165) is 0 Å². The van der Waals surface area contributed by atoms with Crippen molar-refractivity contribution < 1.29 is 34.0 Å². The van der Waals surface area contributed by atoms with Crippen molar-refractivity contribution in [2.24, 2.45) is 0 Å². The van der Waals surface area contributed by atoms with Crippen LogP contribution in [0.5, 0.6) is 34.5 Å². The van der Waals surface area contributed by atoms with Gasteiger partial charge in [0.25, 0.3) is 0 Å². The molecule has 1 aliphatic rings. The number of ketones is 1. The fraction of sp³-hybridized carbons (Fsp3) is 0.261. The summed E-state index contributed by atoms with van der Waals surface area (Å²) in [5.41, 5.74) is 2.68. The number of allylic oxidation sites excluding steroid dienone is 2. The van der Waals surface area contributed by atoms with Gasteiger partial charge in [0.1, 0.15) is 0 Å². The van der Waals surface area contributed by atoms with Crippen molar-refractivity contribution in [1.82, 2.24) is 0 Å². The van der Waals surface area contributed by atoms with Crippen LogP contribution in [0.4, 0.5) is 0 Å². The molecule has 1 aliphatic carbocycles. The van der Waals surface area contributed by atoms with Crippen molar-refractivity contribution in [3.05, 3.63) is 46.5 Å². The van der Waals surface area contributed by atoms with Crippen LogP contribution in [0.25, 0.3) is 12.2 Å². The largest absolute Gasteiger partial charge is 0.502 e. The molecule has 3 rings (SSSR count). The van der Waals surface area contributed by atoms with Crippen LogP contribution in [0.2, 0.25) is 0 Å². The van der Waals surface area contributed by atoms with Crippen LogP contribution in [0, 0.1) is 0 Å². The van der Waals surface area contributed by atoms with Crippen LogP contribution in [0.3, 0.4) is 0 Å². The zero-order chi connectivity index (χ0) is 21.8. The second-order valence-electron chi connectivity index (χ2n) is 6.72. The Labute approximate surface area is 174 Å². The number of carbonyl (C=O) groups is 1. The number of Topliss-reactive ketones (excluding diaryl/α,β-unsaturated/α-hetero) is 1. The fourth-order valence-corrected chi connectivity index (χ4v) is 3.37. The Morgan fingerprint density at radius 2 is 0.967 bits per heavy atom. The molecule has 0 aromatic heterocycles. The highest BCUT2D eigenvalue weighted by Crippen LogP contribution is 2.40. The summed E-state index contributed by atoms with van der Waals surface area (Å²) in [6, 6.07) is 6.59. The van der Waals surface area contributed by atoms with Crippen LogP contribution >= 0.6 is 0 Å². The molecule has 2 N–H and O–H groups in total. The Bertz CT molecular complexity index is 902. The van der Waals surface area contributed by atoms with Gasteiger partial charge >= 0.3 is 0 Å². The number of ether oxygens (including phenoxy) is 4. The molecule has 30 heavy (non-hydrogen) atoms. The van der Waals surface area contributed by atoms with E-state index in [4.69, 9.17) is 18.9 Å². The summed E-state index contributed by atoms with van der Waals surface area (Å²) < 4.78 is 20.7. The maximum Gasteiger partial charge on any atom is 0.200 e. The molecule has 0 unspecified atom stereocenters. The van der Waals surface area contributed by atoms with Gasteiger partial charge in [-0.15, -0.1) is 0 Å². The summed E-state index contributed by atoms with van der Waals surface area (Å²) >= 11 is 0. The molecule has 0 spiro atoms. The fourth-order valence-electron chi connectivity index (χ4n) is 3.37. The van der Waals surface area contributed by atoms with Crippen LogP contribution < -0.4 is 18.9 Å². The smallest absolute Gasteiger partial charge is 0.200 e. The zero-order valence-electron chi connectivity index (χ0n) is 17.3. The van der Waals surface area contributed by atoms with Gasteiger partial charge in [-0.2, -0.15) is 0 Å². The number of phenolic OH excluding ortho intramolecular Hbond substituents is 2. The Kier molecular flexibility index (Phi) is 6.20. The molecule has 0 radical (unpaired) electrons. The van der Waals surface area contributed by atoms with Gasteiger partial charge < -0.3 is 29.2 Å². The monoisotopic (exact) mass is 412 g/mol. The van der Waals surface area contributed by atoms with Crippen LogP contribution in [0.15, 0.2) is 35.4 Å². The molecule has 1 fully saturated rings. The highest BCUT2D eigenvalue weighted by molar-refractivity contribution is 6.15. The topological polar surface area (TPSA) is 94.5 Å². The van der Waals surface area contributed by atoms with Gasteiger partial charge in [0.15, 0.2) is 28.8 Å². The molecule has 0 amide bonds. The highest BCUT2D eigenvalue weighted by Gasteiger charge is 2.24. The predicted octanol–water partition coefficient (Wildman–Crippen LogP) is 3.96. The summed E-state index contributed by atoms with van der Waals surface area (Å²) in [6.07, 6.45) is 4.71. The average Bonchev–Trinajstić information content (AvgIpc) is 3.09. The molecule has 2 aromatic rings. The van der Waals surface area contributed by atoms with Gasteiger partial charge in [0.05, 0.1) is 28.4 Å². The van der Waals surface area contributed by atoms with E-state index in [9.17, 15) is 15.0 Å². The third-order valence-electron chi connectivity index (χ3n) is 4.93. The number of rotatable bonds is 6. The van der Waals surface area contributed by atoms with Gasteiger partial charge in [-0.1, -0.05) is 0 Å². The first-order chi connectivity index (χ1) is 14.4. The van der Waals surface area contributed by atoms with E-state index in [1.165, 1.54) is 28.4 Å². The molecule has 7 heteroatoms. The minimum atomic E-state index is -0.0873. The molecule has 7 nitrogen and oxygen atoms in total. The first-order valence-electron chi connectivity index (χ1n) is 9.27.